The third kappa shape index (κ3) is 3.22. The van der Waals surface area contributed by atoms with Gasteiger partial charge in [0.2, 0.25) is 5.82 Å². The summed E-state index contributed by atoms with van der Waals surface area (Å²) in [7, 11) is 0. The zero-order valence-electron chi connectivity index (χ0n) is 10.9. The molecular weight excluding hydrogens is 264 g/mol. The van der Waals surface area contributed by atoms with E-state index >= 15 is 0 Å². The fourth-order valence-corrected chi connectivity index (χ4v) is 1.54. The van der Waals surface area contributed by atoms with E-state index < -0.39 is 4.92 Å². The summed E-state index contributed by atoms with van der Waals surface area (Å²) in [6, 6.07) is 3.50. The second-order valence-electron chi connectivity index (χ2n) is 3.91. The van der Waals surface area contributed by atoms with Crippen molar-refractivity contribution in [1.29, 1.82) is 0 Å². The van der Waals surface area contributed by atoms with Crippen LogP contribution in [0.4, 0.5) is 11.5 Å². The number of ether oxygens (including phenoxy) is 1. The molecule has 0 unspecified atom stereocenters. The monoisotopic (exact) mass is 278 g/mol. The fraction of sp³-hybridized carbons (Fsp3) is 0.333. The molecule has 0 saturated heterocycles. The zero-order valence-corrected chi connectivity index (χ0v) is 10.9. The van der Waals surface area contributed by atoms with E-state index in [2.05, 4.69) is 15.3 Å². The summed E-state index contributed by atoms with van der Waals surface area (Å²) in [6.45, 7) is 2.55. The third-order valence-electron chi connectivity index (χ3n) is 2.42. The second-order valence-corrected chi connectivity index (χ2v) is 3.91. The smallest absolute Gasteiger partial charge is 0.372 e. The predicted octanol–water partition coefficient (Wildman–Crippen LogP) is 2.38. The van der Waals surface area contributed by atoms with Crippen LogP contribution in [0.1, 0.15) is 19.1 Å². The van der Waals surface area contributed by atoms with Gasteiger partial charge in [0.15, 0.2) is 0 Å². The van der Waals surface area contributed by atoms with Crippen LogP contribution in [0.25, 0.3) is 0 Å². The van der Waals surface area contributed by atoms with Gasteiger partial charge in [-0.3, -0.25) is 10.1 Å². The van der Waals surface area contributed by atoms with Crippen LogP contribution in [0.3, 0.4) is 0 Å². The molecule has 106 valence electrons. The molecule has 2 heterocycles. The zero-order chi connectivity index (χ0) is 14.4. The van der Waals surface area contributed by atoms with Crippen LogP contribution >= 0.6 is 0 Å². The summed E-state index contributed by atoms with van der Waals surface area (Å²) in [4.78, 5) is 18.3. The Kier molecular flexibility index (Phi) is 4.48. The average molecular weight is 278 g/mol. The number of rotatable bonds is 7. The molecule has 0 aliphatic heterocycles. The highest BCUT2D eigenvalue weighted by atomic mass is 16.6. The number of anilines is 1. The van der Waals surface area contributed by atoms with Crippen molar-refractivity contribution in [3.63, 3.8) is 0 Å². The number of nitro groups is 1. The molecule has 0 bridgehead atoms. The van der Waals surface area contributed by atoms with Crippen molar-refractivity contribution in [2.24, 2.45) is 0 Å². The lowest BCUT2D eigenvalue weighted by Gasteiger charge is -2.08. The van der Waals surface area contributed by atoms with Gasteiger partial charge >= 0.3 is 5.69 Å². The number of nitrogens with one attached hydrogen (secondary N) is 1. The molecule has 0 saturated carbocycles. The van der Waals surface area contributed by atoms with Crippen LogP contribution in [0.2, 0.25) is 0 Å². The van der Waals surface area contributed by atoms with Crippen molar-refractivity contribution in [1.82, 2.24) is 9.97 Å². The molecule has 1 N–H and O–H groups in total. The highest BCUT2D eigenvalue weighted by Gasteiger charge is 2.24. The summed E-state index contributed by atoms with van der Waals surface area (Å²) in [5, 5.41) is 14.0. The van der Waals surface area contributed by atoms with E-state index in [1.165, 1.54) is 12.6 Å². The van der Waals surface area contributed by atoms with Gasteiger partial charge in [0.05, 0.1) is 24.3 Å². The van der Waals surface area contributed by atoms with Gasteiger partial charge in [-0.15, -0.1) is 0 Å². The van der Waals surface area contributed by atoms with E-state index in [0.717, 1.165) is 6.42 Å². The maximum absolute atomic E-state index is 11.1. The van der Waals surface area contributed by atoms with Crippen molar-refractivity contribution in [3.8, 4) is 5.88 Å². The van der Waals surface area contributed by atoms with E-state index in [1.807, 2.05) is 6.92 Å². The first-order chi connectivity index (χ1) is 9.72. The average Bonchev–Trinajstić information content (AvgIpc) is 2.95. The van der Waals surface area contributed by atoms with Crippen LogP contribution in [-0.4, -0.2) is 21.5 Å². The van der Waals surface area contributed by atoms with Crippen LogP contribution in [-0.2, 0) is 6.54 Å². The van der Waals surface area contributed by atoms with Gasteiger partial charge in [-0.25, -0.2) is 4.98 Å². The maximum Gasteiger partial charge on any atom is 0.372 e. The van der Waals surface area contributed by atoms with Gasteiger partial charge in [0, 0.05) is 0 Å². The lowest BCUT2D eigenvalue weighted by molar-refractivity contribution is -0.385. The van der Waals surface area contributed by atoms with Gasteiger partial charge < -0.3 is 14.5 Å². The molecule has 8 heteroatoms. The molecular formula is C12H14N4O4. The minimum atomic E-state index is -0.560. The number of aromatic nitrogens is 2. The van der Waals surface area contributed by atoms with Gasteiger partial charge in [0.1, 0.15) is 12.1 Å². The summed E-state index contributed by atoms with van der Waals surface area (Å²) < 4.78 is 10.4. The first kappa shape index (κ1) is 13.8. The maximum atomic E-state index is 11.1. The van der Waals surface area contributed by atoms with Crippen molar-refractivity contribution in [2.75, 3.05) is 11.9 Å². The highest BCUT2D eigenvalue weighted by Crippen LogP contribution is 2.31. The van der Waals surface area contributed by atoms with Crippen LogP contribution < -0.4 is 10.1 Å². The molecule has 0 aliphatic rings. The number of hydrogen-bond donors (Lipinski definition) is 1. The molecule has 0 fully saturated rings. The fourth-order valence-electron chi connectivity index (χ4n) is 1.54. The molecule has 2 aromatic heterocycles. The third-order valence-corrected chi connectivity index (χ3v) is 2.42. The predicted molar refractivity (Wildman–Crippen MR) is 70.5 cm³/mol. The highest BCUT2D eigenvalue weighted by molar-refractivity contribution is 5.61. The van der Waals surface area contributed by atoms with Crippen molar-refractivity contribution in [2.45, 2.75) is 19.9 Å². The van der Waals surface area contributed by atoms with Crippen molar-refractivity contribution < 1.29 is 14.1 Å². The minimum absolute atomic E-state index is 0.0335. The van der Waals surface area contributed by atoms with Crippen molar-refractivity contribution in [3.05, 3.63) is 40.6 Å². The Morgan fingerprint density at radius 3 is 3.00 bits per heavy atom. The summed E-state index contributed by atoms with van der Waals surface area (Å²) in [5.74, 6) is 0.718. The normalized spacial score (nSPS) is 10.2. The molecule has 0 atom stereocenters. The van der Waals surface area contributed by atoms with Gasteiger partial charge in [-0.1, -0.05) is 6.92 Å². The number of nitrogens with zero attached hydrogens (tertiary/aromatic N) is 3. The van der Waals surface area contributed by atoms with E-state index in [0.29, 0.717) is 12.4 Å². The summed E-state index contributed by atoms with van der Waals surface area (Å²) in [6.07, 6.45) is 3.49. The lowest BCUT2D eigenvalue weighted by Crippen LogP contribution is -2.08. The Hall–Kier alpha value is -2.64. The number of furan rings is 1. The molecule has 0 amide bonds. The van der Waals surface area contributed by atoms with Crippen LogP contribution in [0.15, 0.2) is 29.1 Å². The Bertz CT molecular complexity index is 571. The molecule has 0 aromatic carbocycles. The lowest BCUT2D eigenvalue weighted by atomic mass is 10.4. The minimum Gasteiger partial charge on any atom is -0.473 e. The Morgan fingerprint density at radius 1 is 1.50 bits per heavy atom. The molecule has 0 spiro atoms. The first-order valence-electron chi connectivity index (χ1n) is 6.10. The largest absolute Gasteiger partial charge is 0.473 e. The molecule has 2 rings (SSSR count). The van der Waals surface area contributed by atoms with Crippen molar-refractivity contribution >= 4 is 11.5 Å². The quantitative estimate of drug-likeness (QED) is 0.612. The molecule has 20 heavy (non-hydrogen) atoms. The Labute approximate surface area is 114 Å². The Morgan fingerprint density at radius 2 is 2.35 bits per heavy atom. The van der Waals surface area contributed by atoms with E-state index in [1.54, 1.807) is 12.1 Å². The topological polar surface area (TPSA) is 103 Å². The van der Waals surface area contributed by atoms with Crippen LogP contribution in [0, 0.1) is 10.1 Å². The van der Waals surface area contributed by atoms with E-state index in [4.69, 9.17) is 9.15 Å². The SMILES string of the molecule is CCCOc1ncnc(NCc2ccco2)c1[N+](=O)[O-]. The first-order valence-corrected chi connectivity index (χ1v) is 6.10. The second kappa shape index (κ2) is 6.50. The van der Waals surface area contributed by atoms with Gasteiger partial charge in [0.25, 0.3) is 5.88 Å². The van der Waals surface area contributed by atoms with E-state index in [-0.39, 0.29) is 23.9 Å². The summed E-state index contributed by atoms with van der Waals surface area (Å²) in [5.41, 5.74) is -0.271. The number of hydrogen-bond acceptors (Lipinski definition) is 7. The molecule has 0 aliphatic carbocycles. The molecule has 0 radical (unpaired) electrons. The summed E-state index contributed by atoms with van der Waals surface area (Å²) >= 11 is 0. The van der Waals surface area contributed by atoms with Gasteiger partial charge in [-0.05, 0) is 18.6 Å². The Balaban J connectivity index is 2.20. The van der Waals surface area contributed by atoms with E-state index in [9.17, 15) is 10.1 Å². The van der Waals surface area contributed by atoms with Crippen LogP contribution in [0.5, 0.6) is 5.88 Å². The molecule has 2 aromatic rings. The molecule has 8 nitrogen and oxygen atoms in total. The van der Waals surface area contributed by atoms with Gasteiger partial charge in [-0.2, -0.15) is 4.98 Å². The standard InChI is InChI=1S/C12H14N4O4/c1-2-5-20-12-10(16(17)18)11(14-8-15-12)13-7-9-4-3-6-19-9/h3-4,6,8H,2,5,7H2,1H3,(H,13,14,15).